The summed E-state index contributed by atoms with van der Waals surface area (Å²) in [6.45, 7) is 1.87. The lowest BCUT2D eigenvalue weighted by Gasteiger charge is -2.26. The van der Waals surface area contributed by atoms with E-state index in [1.54, 1.807) is 0 Å². The Morgan fingerprint density at radius 1 is 0.588 bits per heavy atom. The number of nitrogens with zero attached hydrogens (tertiary/aromatic N) is 1. The van der Waals surface area contributed by atoms with Crippen LogP contribution in [0.25, 0.3) is 0 Å². The van der Waals surface area contributed by atoms with Crippen LogP contribution in [0.5, 0.6) is 0 Å². The summed E-state index contributed by atoms with van der Waals surface area (Å²) in [5, 5.41) is 3.50. The van der Waals surface area contributed by atoms with Crippen molar-refractivity contribution in [2.24, 2.45) is 0 Å². The molecule has 3 heterocycles. The van der Waals surface area contributed by atoms with Crippen LogP contribution in [0.4, 0.5) is 22.7 Å². The van der Waals surface area contributed by atoms with E-state index in [9.17, 15) is 0 Å². The first-order valence-electron chi connectivity index (χ1n) is 12.3. The smallest absolute Gasteiger partial charge is 0.0988 e. The fourth-order valence-electron chi connectivity index (χ4n) is 5.08. The number of para-hydroxylation sites is 4. The lowest BCUT2D eigenvalue weighted by Crippen LogP contribution is -2.23. The number of aryl methyl sites for hydroxylation is 4. The highest BCUT2D eigenvalue weighted by molar-refractivity contribution is 5.71. The van der Waals surface area contributed by atoms with Gasteiger partial charge in [0.15, 0.2) is 0 Å². The number of ether oxygens (including phenoxy) is 1. The standard InChI is InChI=1S/C17H17NO.C14H13N/c1-3-7-16-13(5-1)9-10-14-6-2-4-8-17(14)18(16)11-15-12-19-15;1-3-7-13-11(5-1)9-10-12-6-2-4-8-14(12)15-13/h1-8,15H,9-12H2;1-8,15H,9-10H2. The van der Waals surface area contributed by atoms with E-state index in [-0.39, 0.29) is 0 Å². The van der Waals surface area contributed by atoms with Crippen LogP contribution in [0.1, 0.15) is 22.3 Å². The first-order chi connectivity index (χ1) is 16.8. The van der Waals surface area contributed by atoms with Gasteiger partial charge in [-0.1, -0.05) is 72.8 Å². The molecule has 3 heteroatoms. The van der Waals surface area contributed by atoms with Crippen molar-refractivity contribution in [3.8, 4) is 0 Å². The van der Waals surface area contributed by atoms with E-state index in [2.05, 4.69) is 107 Å². The van der Waals surface area contributed by atoms with Crippen molar-refractivity contribution in [1.29, 1.82) is 0 Å². The van der Waals surface area contributed by atoms with Crippen LogP contribution in [-0.2, 0) is 30.4 Å². The Hall–Kier alpha value is -3.56. The van der Waals surface area contributed by atoms with Crippen LogP contribution in [-0.4, -0.2) is 19.3 Å². The third kappa shape index (κ3) is 4.44. The molecule has 0 aliphatic carbocycles. The van der Waals surface area contributed by atoms with E-state index in [1.165, 1.54) is 45.0 Å². The van der Waals surface area contributed by atoms with Gasteiger partial charge in [-0.15, -0.1) is 0 Å². The number of rotatable bonds is 2. The average Bonchev–Trinajstić information content (AvgIpc) is 3.74. The number of anilines is 4. The fourth-order valence-corrected chi connectivity index (χ4v) is 5.08. The van der Waals surface area contributed by atoms with Crippen LogP contribution < -0.4 is 10.2 Å². The molecule has 7 rings (SSSR count). The molecule has 1 N–H and O–H groups in total. The molecule has 3 aliphatic rings. The molecule has 34 heavy (non-hydrogen) atoms. The second-order valence-corrected chi connectivity index (χ2v) is 9.26. The van der Waals surface area contributed by atoms with Crippen LogP contribution in [0.2, 0.25) is 0 Å². The third-order valence-corrected chi connectivity index (χ3v) is 6.98. The Morgan fingerprint density at radius 2 is 1.00 bits per heavy atom. The normalized spacial score (nSPS) is 17.3. The SMILES string of the molecule is c1ccc2c(c1)CCc1ccccc1N2.c1ccc2c(c1)CCc1ccccc1N2CC1CO1. The third-order valence-electron chi connectivity index (χ3n) is 6.98. The van der Waals surface area contributed by atoms with Gasteiger partial charge < -0.3 is 15.0 Å². The summed E-state index contributed by atoms with van der Waals surface area (Å²) < 4.78 is 5.44. The second-order valence-electron chi connectivity index (χ2n) is 9.26. The number of fused-ring (bicyclic) bond motifs is 4. The molecule has 170 valence electrons. The highest BCUT2D eigenvalue weighted by Crippen LogP contribution is 2.37. The number of hydrogen-bond acceptors (Lipinski definition) is 3. The zero-order valence-corrected chi connectivity index (χ0v) is 19.4. The second kappa shape index (κ2) is 9.36. The molecule has 1 saturated heterocycles. The first-order valence-corrected chi connectivity index (χ1v) is 12.3. The molecule has 0 saturated carbocycles. The van der Waals surface area contributed by atoms with Crippen molar-refractivity contribution in [2.45, 2.75) is 31.8 Å². The minimum absolute atomic E-state index is 0.402. The lowest BCUT2D eigenvalue weighted by atomic mass is 10.0. The van der Waals surface area contributed by atoms with E-state index < -0.39 is 0 Å². The largest absolute Gasteiger partial charge is 0.371 e. The predicted molar refractivity (Wildman–Crippen MR) is 141 cm³/mol. The maximum Gasteiger partial charge on any atom is 0.0988 e. The molecule has 4 aromatic carbocycles. The summed E-state index contributed by atoms with van der Waals surface area (Å²) in [6, 6.07) is 34.6. The summed E-state index contributed by atoms with van der Waals surface area (Å²) in [7, 11) is 0. The van der Waals surface area contributed by atoms with Gasteiger partial charge in [-0.3, -0.25) is 0 Å². The van der Waals surface area contributed by atoms with Crippen molar-refractivity contribution in [2.75, 3.05) is 23.4 Å². The molecule has 4 aromatic rings. The van der Waals surface area contributed by atoms with Crippen LogP contribution in [0, 0.1) is 0 Å². The van der Waals surface area contributed by atoms with Gasteiger partial charge in [0.05, 0.1) is 19.3 Å². The molecule has 3 aliphatic heterocycles. The quantitative estimate of drug-likeness (QED) is 0.341. The molecule has 0 radical (unpaired) electrons. The molecule has 0 amide bonds. The zero-order valence-electron chi connectivity index (χ0n) is 19.4. The topological polar surface area (TPSA) is 27.8 Å². The Balaban J connectivity index is 0.000000132. The Morgan fingerprint density at radius 3 is 1.50 bits per heavy atom. The van der Waals surface area contributed by atoms with Crippen molar-refractivity contribution in [3.63, 3.8) is 0 Å². The number of benzene rings is 4. The first kappa shape index (κ1) is 21.0. The molecule has 0 aromatic heterocycles. The highest BCUT2D eigenvalue weighted by Gasteiger charge is 2.29. The maximum absolute atomic E-state index is 5.44. The van der Waals surface area contributed by atoms with Gasteiger partial charge in [0, 0.05) is 22.7 Å². The van der Waals surface area contributed by atoms with Gasteiger partial charge in [0.25, 0.3) is 0 Å². The molecule has 0 spiro atoms. The molecule has 1 unspecified atom stereocenters. The minimum Gasteiger partial charge on any atom is -0.371 e. The van der Waals surface area contributed by atoms with Crippen molar-refractivity contribution in [3.05, 3.63) is 119 Å². The average molecular weight is 447 g/mol. The van der Waals surface area contributed by atoms with E-state index in [0.717, 1.165) is 38.8 Å². The van der Waals surface area contributed by atoms with Gasteiger partial charge in [-0.05, 0) is 72.2 Å². The molecular weight excluding hydrogens is 416 g/mol. The minimum atomic E-state index is 0.402. The molecular formula is C31H30N2O. The van der Waals surface area contributed by atoms with Gasteiger partial charge >= 0.3 is 0 Å². The molecule has 3 nitrogen and oxygen atoms in total. The van der Waals surface area contributed by atoms with Gasteiger partial charge in [0.2, 0.25) is 0 Å². The molecule has 0 bridgehead atoms. The summed E-state index contributed by atoms with van der Waals surface area (Å²) in [4.78, 5) is 2.44. The maximum atomic E-state index is 5.44. The van der Waals surface area contributed by atoms with Crippen LogP contribution >= 0.6 is 0 Å². The van der Waals surface area contributed by atoms with Gasteiger partial charge in [0.1, 0.15) is 0 Å². The zero-order chi connectivity index (χ0) is 22.7. The van der Waals surface area contributed by atoms with Crippen molar-refractivity contribution >= 4 is 22.7 Å². The molecule has 1 atom stereocenters. The monoisotopic (exact) mass is 446 g/mol. The number of nitrogens with one attached hydrogen (secondary N) is 1. The summed E-state index contributed by atoms with van der Waals surface area (Å²) in [5.41, 5.74) is 10.9. The van der Waals surface area contributed by atoms with Gasteiger partial charge in [-0.25, -0.2) is 0 Å². The Labute approximate surface area is 202 Å². The highest BCUT2D eigenvalue weighted by atomic mass is 16.6. The van der Waals surface area contributed by atoms with Crippen LogP contribution in [0.15, 0.2) is 97.1 Å². The van der Waals surface area contributed by atoms with Gasteiger partial charge in [-0.2, -0.15) is 0 Å². The van der Waals surface area contributed by atoms with E-state index in [0.29, 0.717) is 6.10 Å². The Kier molecular flexibility index (Phi) is 5.78. The summed E-state index contributed by atoms with van der Waals surface area (Å²) >= 11 is 0. The van der Waals surface area contributed by atoms with E-state index in [1.807, 2.05) is 0 Å². The summed E-state index contributed by atoms with van der Waals surface area (Å²) in [6.07, 6.45) is 4.89. The lowest BCUT2D eigenvalue weighted by molar-refractivity contribution is 0.411. The predicted octanol–water partition coefficient (Wildman–Crippen LogP) is 6.85. The number of epoxide rings is 1. The Bertz CT molecular complexity index is 1200. The van der Waals surface area contributed by atoms with Crippen molar-refractivity contribution in [1.82, 2.24) is 0 Å². The fraction of sp³-hybridized carbons (Fsp3) is 0.226. The summed E-state index contributed by atoms with van der Waals surface area (Å²) in [5.74, 6) is 0. The van der Waals surface area contributed by atoms with E-state index >= 15 is 0 Å². The number of hydrogen-bond donors (Lipinski definition) is 1. The molecule has 1 fully saturated rings. The van der Waals surface area contributed by atoms with E-state index in [4.69, 9.17) is 4.74 Å². The van der Waals surface area contributed by atoms with Crippen LogP contribution in [0.3, 0.4) is 0 Å². The van der Waals surface area contributed by atoms with Crippen molar-refractivity contribution < 1.29 is 4.74 Å².